The van der Waals surface area contributed by atoms with Crippen LogP contribution in [0, 0.1) is 5.92 Å². The van der Waals surface area contributed by atoms with Crippen LogP contribution in [0.1, 0.15) is 156 Å². The van der Waals surface area contributed by atoms with Gasteiger partial charge in [-0.3, -0.25) is 0 Å². The Labute approximate surface area is 161 Å². The van der Waals surface area contributed by atoms with Gasteiger partial charge < -0.3 is 0 Å². The summed E-state index contributed by atoms with van der Waals surface area (Å²) < 4.78 is 0. The summed E-state index contributed by atoms with van der Waals surface area (Å²) in [6.45, 7) is 6.95. The van der Waals surface area contributed by atoms with Crippen molar-refractivity contribution in [1.29, 1.82) is 0 Å². The Hall–Kier alpha value is 0. The van der Waals surface area contributed by atoms with E-state index in [1.54, 1.807) is 0 Å². The molecule has 0 aliphatic heterocycles. The van der Waals surface area contributed by atoms with Gasteiger partial charge in [-0.25, -0.2) is 0 Å². The third kappa shape index (κ3) is 20.2. The molecule has 152 valence electrons. The average Bonchev–Trinajstić information content (AvgIpc) is 2.63. The predicted molar refractivity (Wildman–Crippen MR) is 117 cm³/mol. The molecule has 0 bridgehead atoms. The second-order valence-corrected chi connectivity index (χ2v) is 8.54. The zero-order valence-corrected chi connectivity index (χ0v) is 18.4. The highest BCUT2D eigenvalue weighted by atomic mass is 14.1. The van der Waals surface area contributed by atoms with Crippen LogP contribution in [-0.2, 0) is 0 Å². The fourth-order valence-electron chi connectivity index (χ4n) is 4.07. The highest BCUT2D eigenvalue weighted by Gasteiger charge is 2.08. The van der Waals surface area contributed by atoms with Crippen LogP contribution in [-0.4, -0.2) is 0 Å². The van der Waals surface area contributed by atoms with Gasteiger partial charge in [0.05, 0.1) is 0 Å². The number of hydrogen-bond donors (Lipinski definition) is 0. The molecule has 0 aromatic heterocycles. The van der Waals surface area contributed by atoms with Gasteiger partial charge in [0, 0.05) is 0 Å². The number of hydrogen-bond acceptors (Lipinski definition) is 0. The quantitative estimate of drug-likeness (QED) is 0.180. The van der Waals surface area contributed by atoms with Crippen LogP contribution in [0.3, 0.4) is 0 Å². The monoisotopic (exact) mass is 352 g/mol. The first-order valence-electron chi connectivity index (χ1n) is 12.3. The van der Waals surface area contributed by atoms with Crippen molar-refractivity contribution in [1.82, 2.24) is 0 Å². The second kappa shape index (κ2) is 22.0. The molecule has 0 N–H and O–H groups in total. The van der Waals surface area contributed by atoms with Crippen LogP contribution in [0.2, 0.25) is 0 Å². The highest BCUT2D eigenvalue weighted by molar-refractivity contribution is 4.62. The second-order valence-electron chi connectivity index (χ2n) is 8.54. The fraction of sp³-hybridized carbons (Fsp3) is 1.00. The highest BCUT2D eigenvalue weighted by Crippen LogP contribution is 2.24. The van der Waals surface area contributed by atoms with Crippen molar-refractivity contribution in [3.05, 3.63) is 0 Å². The molecular formula is C25H52. The van der Waals surface area contributed by atoms with Crippen molar-refractivity contribution in [2.45, 2.75) is 156 Å². The fourth-order valence-corrected chi connectivity index (χ4v) is 4.07. The lowest BCUT2D eigenvalue weighted by molar-refractivity contribution is 0.366. The van der Waals surface area contributed by atoms with Gasteiger partial charge >= 0.3 is 0 Å². The molecule has 1 atom stereocenters. The maximum atomic E-state index is 2.33. The van der Waals surface area contributed by atoms with E-state index >= 15 is 0 Å². The molecule has 0 saturated carbocycles. The van der Waals surface area contributed by atoms with Crippen LogP contribution in [0.5, 0.6) is 0 Å². The minimum absolute atomic E-state index is 1.04. The van der Waals surface area contributed by atoms with E-state index in [-0.39, 0.29) is 0 Å². The minimum Gasteiger partial charge on any atom is -0.0654 e. The zero-order valence-electron chi connectivity index (χ0n) is 18.4. The maximum Gasteiger partial charge on any atom is -0.0414 e. The first-order valence-corrected chi connectivity index (χ1v) is 12.3. The van der Waals surface area contributed by atoms with Crippen LogP contribution >= 0.6 is 0 Å². The van der Waals surface area contributed by atoms with Crippen molar-refractivity contribution in [2.24, 2.45) is 5.92 Å². The zero-order chi connectivity index (χ0) is 18.4. The van der Waals surface area contributed by atoms with Gasteiger partial charge in [-0.2, -0.15) is 0 Å². The Kier molecular flexibility index (Phi) is 22.0. The molecule has 0 aromatic carbocycles. The van der Waals surface area contributed by atoms with E-state index in [0.29, 0.717) is 0 Å². The molecule has 0 aliphatic carbocycles. The Balaban J connectivity index is 3.65. The van der Waals surface area contributed by atoms with Gasteiger partial charge in [0.1, 0.15) is 0 Å². The SMILES string of the molecule is CCCCCCCCCCCC(CCCCCC)CCCCCCC. The van der Waals surface area contributed by atoms with Gasteiger partial charge in [0.2, 0.25) is 0 Å². The first kappa shape index (κ1) is 25.0. The normalized spacial score (nSPS) is 12.6. The van der Waals surface area contributed by atoms with Gasteiger partial charge in [0.25, 0.3) is 0 Å². The van der Waals surface area contributed by atoms with Crippen LogP contribution in [0.25, 0.3) is 0 Å². The van der Waals surface area contributed by atoms with E-state index < -0.39 is 0 Å². The maximum absolute atomic E-state index is 2.33. The van der Waals surface area contributed by atoms with Crippen molar-refractivity contribution in [2.75, 3.05) is 0 Å². The molecule has 0 amide bonds. The van der Waals surface area contributed by atoms with E-state index in [2.05, 4.69) is 20.8 Å². The van der Waals surface area contributed by atoms with Crippen molar-refractivity contribution in [3.8, 4) is 0 Å². The minimum atomic E-state index is 1.04. The van der Waals surface area contributed by atoms with E-state index in [4.69, 9.17) is 0 Å². The molecule has 25 heavy (non-hydrogen) atoms. The number of rotatable bonds is 21. The summed E-state index contributed by atoms with van der Waals surface area (Å²) in [5, 5.41) is 0. The molecule has 0 radical (unpaired) electrons. The molecular weight excluding hydrogens is 300 g/mol. The van der Waals surface area contributed by atoms with Gasteiger partial charge in [-0.1, -0.05) is 156 Å². The Morgan fingerprint density at radius 1 is 0.320 bits per heavy atom. The molecule has 0 spiro atoms. The lowest BCUT2D eigenvalue weighted by Crippen LogP contribution is -2.01. The molecule has 0 heteroatoms. The standard InChI is InChI=1S/C25H52/c1-4-7-10-13-14-15-16-18-21-24-25(22-19-12-9-6-3)23-20-17-11-8-5-2/h25H,4-24H2,1-3H3. The Morgan fingerprint density at radius 3 is 0.880 bits per heavy atom. The summed E-state index contributed by atoms with van der Waals surface area (Å²) in [6.07, 6.45) is 30.8. The van der Waals surface area contributed by atoms with Gasteiger partial charge in [0.15, 0.2) is 0 Å². The lowest BCUT2D eigenvalue weighted by atomic mass is 9.89. The van der Waals surface area contributed by atoms with Crippen LogP contribution in [0.4, 0.5) is 0 Å². The molecule has 0 heterocycles. The average molecular weight is 353 g/mol. The van der Waals surface area contributed by atoms with Crippen molar-refractivity contribution in [3.63, 3.8) is 0 Å². The molecule has 0 nitrogen and oxygen atoms in total. The summed E-state index contributed by atoms with van der Waals surface area (Å²) in [4.78, 5) is 0. The summed E-state index contributed by atoms with van der Waals surface area (Å²) in [6, 6.07) is 0. The van der Waals surface area contributed by atoms with Crippen molar-refractivity contribution < 1.29 is 0 Å². The molecule has 0 aromatic rings. The van der Waals surface area contributed by atoms with E-state index in [0.717, 1.165) is 5.92 Å². The van der Waals surface area contributed by atoms with Gasteiger partial charge in [-0.05, 0) is 5.92 Å². The van der Waals surface area contributed by atoms with E-state index in [1.165, 1.54) is 135 Å². The molecule has 0 saturated heterocycles. The van der Waals surface area contributed by atoms with Crippen molar-refractivity contribution >= 4 is 0 Å². The van der Waals surface area contributed by atoms with Gasteiger partial charge in [-0.15, -0.1) is 0 Å². The third-order valence-electron chi connectivity index (χ3n) is 5.90. The Bertz CT molecular complexity index is 220. The smallest absolute Gasteiger partial charge is 0.0414 e. The molecule has 0 fully saturated rings. The molecule has 0 rings (SSSR count). The third-order valence-corrected chi connectivity index (χ3v) is 5.90. The van der Waals surface area contributed by atoms with E-state index in [1.807, 2.05) is 0 Å². The Morgan fingerprint density at radius 2 is 0.560 bits per heavy atom. The van der Waals surface area contributed by atoms with E-state index in [9.17, 15) is 0 Å². The predicted octanol–water partition coefficient (Wildman–Crippen LogP) is 9.85. The summed E-state index contributed by atoms with van der Waals surface area (Å²) in [5.74, 6) is 1.04. The topological polar surface area (TPSA) is 0 Å². The summed E-state index contributed by atoms with van der Waals surface area (Å²) in [7, 11) is 0. The molecule has 1 unspecified atom stereocenters. The summed E-state index contributed by atoms with van der Waals surface area (Å²) >= 11 is 0. The van der Waals surface area contributed by atoms with Crippen LogP contribution in [0.15, 0.2) is 0 Å². The van der Waals surface area contributed by atoms with Crippen LogP contribution < -0.4 is 0 Å². The first-order chi connectivity index (χ1) is 12.3. The lowest BCUT2D eigenvalue weighted by Gasteiger charge is -2.17. The number of unbranched alkanes of at least 4 members (excludes halogenated alkanes) is 15. The largest absolute Gasteiger partial charge is 0.0654 e. The molecule has 0 aliphatic rings. The summed E-state index contributed by atoms with van der Waals surface area (Å²) in [5.41, 5.74) is 0.